The Bertz CT molecular complexity index is 595. The Morgan fingerprint density at radius 2 is 2.20 bits per heavy atom. The minimum Gasteiger partial charge on any atom is -0.309 e. The minimum absolute atomic E-state index is 0.151. The fraction of sp³-hybridized carbons (Fsp3) is 0.750. The monoisotopic (exact) mass is 317 g/mol. The Hall–Kier alpha value is -0.890. The lowest BCUT2D eigenvalue weighted by Crippen LogP contribution is -2.11. The third kappa shape index (κ3) is 4.05. The first-order valence-corrected chi connectivity index (χ1v) is 9.39. The van der Waals surface area contributed by atoms with Crippen LogP contribution in [-0.4, -0.2) is 46.2 Å². The van der Waals surface area contributed by atoms with Crippen LogP contribution < -0.4 is 0 Å². The van der Waals surface area contributed by atoms with Crippen LogP contribution in [0.3, 0.4) is 0 Å². The Kier molecular flexibility index (Phi) is 4.85. The van der Waals surface area contributed by atoms with Crippen molar-refractivity contribution >= 4 is 27.4 Å². The quantitative estimate of drug-likeness (QED) is 0.724. The second kappa shape index (κ2) is 6.26. The molecule has 0 saturated carbocycles. The van der Waals surface area contributed by atoms with Crippen molar-refractivity contribution in [3.63, 3.8) is 0 Å². The minimum atomic E-state index is -2.85. The third-order valence-electron chi connectivity index (χ3n) is 3.41. The van der Waals surface area contributed by atoms with Gasteiger partial charge in [-0.15, -0.1) is 10.2 Å². The summed E-state index contributed by atoms with van der Waals surface area (Å²) in [6.45, 7) is 1.57. The van der Waals surface area contributed by atoms with Gasteiger partial charge in [0.05, 0.1) is 11.5 Å². The van der Waals surface area contributed by atoms with E-state index in [0.717, 1.165) is 11.0 Å². The Labute approximate surface area is 123 Å². The average Bonchev–Trinajstić information content (AvgIpc) is 2.85. The molecule has 0 radical (unpaired) electrons. The highest BCUT2D eigenvalue weighted by Gasteiger charge is 2.29. The Morgan fingerprint density at radius 3 is 2.80 bits per heavy atom. The van der Waals surface area contributed by atoms with Gasteiger partial charge in [0, 0.05) is 25.6 Å². The van der Waals surface area contributed by atoms with Crippen LogP contribution in [0.25, 0.3) is 0 Å². The zero-order valence-electron chi connectivity index (χ0n) is 11.7. The predicted octanol–water partition coefficient (Wildman–Crippen LogP) is 0.863. The van der Waals surface area contributed by atoms with E-state index in [9.17, 15) is 13.2 Å². The van der Waals surface area contributed by atoms with Crippen LogP contribution in [0, 0.1) is 5.92 Å². The second-order valence-corrected chi connectivity index (χ2v) is 8.52. The van der Waals surface area contributed by atoms with Crippen molar-refractivity contribution in [2.24, 2.45) is 13.0 Å². The van der Waals surface area contributed by atoms with Crippen LogP contribution in [0.15, 0.2) is 5.16 Å². The maximum atomic E-state index is 11.4. The molecule has 112 valence electrons. The summed E-state index contributed by atoms with van der Waals surface area (Å²) in [6.07, 6.45) is 1.88. The van der Waals surface area contributed by atoms with E-state index in [2.05, 4.69) is 10.2 Å². The number of carbonyl (C=O) groups excluding carboxylic acids is 1. The van der Waals surface area contributed by atoms with Gasteiger partial charge in [-0.1, -0.05) is 11.8 Å². The molecule has 8 heteroatoms. The van der Waals surface area contributed by atoms with E-state index in [4.69, 9.17) is 0 Å². The Balaban J connectivity index is 1.93. The van der Waals surface area contributed by atoms with Crippen LogP contribution >= 0.6 is 11.8 Å². The van der Waals surface area contributed by atoms with Crippen molar-refractivity contribution in [1.82, 2.24) is 14.8 Å². The average molecular weight is 317 g/mol. The predicted molar refractivity (Wildman–Crippen MR) is 77.5 cm³/mol. The molecule has 1 aromatic rings. The van der Waals surface area contributed by atoms with E-state index in [1.807, 2.05) is 11.6 Å². The first-order chi connectivity index (χ1) is 9.37. The number of nitrogens with zero attached hydrogens (tertiary/aromatic N) is 3. The zero-order chi connectivity index (χ0) is 14.8. The topological polar surface area (TPSA) is 81.9 Å². The van der Waals surface area contributed by atoms with Crippen molar-refractivity contribution in [3.05, 3.63) is 5.82 Å². The van der Waals surface area contributed by atoms with E-state index in [0.29, 0.717) is 25.0 Å². The molecule has 1 atom stereocenters. The first-order valence-electron chi connectivity index (χ1n) is 6.58. The molecule has 20 heavy (non-hydrogen) atoms. The molecule has 0 aliphatic carbocycles. The van der Waals surface area contributed by atoms with E-state index in [1.54, 1.807) is 6.92 Å². The molecule has 0 bridgehead atoms. The summed E-state index contributed by atoms with van der Waals surface area (Å²) in [6, 6.07) is 0. The number of aromatic nitrogens is 3. The highest BCUT2D eigenvalue weighted by Crippen LogP contribution is 2.23. The molecular formula is C12H19N3O3S2. The van der Waals surface area contributed by atoms with Crippen molar-refractivity contribution in [2.75, 3.05) is 17.3 Å². The van der Waals surface area contributed by atoms with Gasteiger partial charge in [-0.2, -0.15) is 0 Å². The van der Waals surface area contributed by atoms with Crippen molar-refractivity contribution in [3.8, 4) is 0 Å². The highest BCUT2D eigenvalue weighted by molar-refractivity contribution is 7.99. The van der Waals surface area contributed by atoms with E-state index in [1.165, 1.54) is 11.8 Å². The van der Waals surface area contributed by atoms with Gasteiger partial charge >= 0.3 is 0 Å². The molecule has 1 aromatic heterocycles. The van der Waals surface area contributed by atoms with Gasteiger partial charge in [0.25, 0.3) is 0 Å². The molecular weight excluding hydrogens is 298 g/mol. The smallest absolute Gasteiger partial charge is 0.190 e. The molecule has 1 aliphatic heterocycles. The van der Waals surface area contributed by atoms with Crippen molar-refractivity contribution < 1.29 is 13.2 Å². The third-order valence-corrected chi connectivity index (χ3v) is 6.27. The maximum absolute atomic E-state index is 11.4. The maximum Gasteiger partial charge on any atom is 0.190 e. The summed E-state index contributed by atoms with van der Waals surface area (Å²) < 4.78 is 24.8. The summed E-state index contributed by atoms with van der Waals surface area (Å²) in [5.41, 5.74) is 0. The van der Waals surface area contributed by atoms with Crippen LogP contribution in [0.2, 0.25) is 0 Å². The number of carbonyl (C=O) groups is 1. The van der Waals surface area contributed by atoms with Crippen LogP contribution in [0.4, 0.5) is 0 Å². The summed E-state index contributed by atoms with van der Waals surface area (Å²) >= 11 is 1.50. The summed E-state index contributed by atoms with van der Waals surface area (Å²) in [4.78, 5) is 10.9. The number of Topliss-reactive ketones (excluding diaryl/α,β-unsaturated/α-hetero) is 1. The van der Waals surface area contributed by atoms with E-state index < -0.39 is 9.84 Å². The molecule has 0 unspecified atom stereocenters. The lowest BCUT2D eigenvalue weighted by molar-refractivity contribution is -0.116. The SMILES string of the molecule is CC(=O)CCSc1nnc(C[C@@H]2CCS(=O)(=O)C2)n1C. The molecule has 1 fully saturated rings. The molecule has 2 rings (SSSR count). The molecule has 6 nitrogen and oxygen atoms in total. The fourth-order valence-corrected chi connectivity index (χ4v) is 5.06. The summed E-state index contributed by atoms with van der Waals surface area (Å²) in [5.74, 6) is 2.37. The van der Waals surface area contributed by atoms with Crippen molar-refractivity contribution in [2.45, 2.75) is 31.3 Å². The fourth-order valence-electron chi connectivity index (χ4n) is 2.23. The lowest BCUT2D eigenvalue weighted by Gasteiger charge is -2.07. The van der Waals surface area contributed by atoms with Gasteiger partial charge in [-0.05, 0) is 19.3 Å². The number of hydrogen-bond donors (Lipinski definition) is 0. The van der Waals surface area contributed by atoms with Crippen LogP contribution in [0.1, 0.15) is 25.6 Å². The van der Waals surface area contributed by atoms with Crippen LogP contribution in [0.5, 0.6) is 0 Å². The van der Waals surface area contributed by atoms with Gasteiger partial charge in [-0.3, -0.25) is 4.79 Å². The first kappa shape index (κ1) is 15.5. The molecule has 2 heterocycles. The number of hydrogen-bond acceptors (Lipinski definition) is 6. The van der Waals surface area contributed by atoms with E-state index >= 15 is 0 Å². The number of sulfone groups is 1. The Morgan fingerprint density at radius 1 is 1.45 bits per heavy atom. The zero-order valence-corrected chi connectivity index (χ0v) is 13.3. The highest BCUT2D eigenvalue weighted by atomic mass is 32.2. The van der Waals surface area contributed by atoms with Gasteiger partial charge in [0.15, 0.2) is 15.0 Å². The van der Waals surface area contributed by atoms with Crippen LogP contribution in [-0.2, 0) is 28.1 Å². The van der Waals surface area contributed by atoms with Gasteiger partial charge < -0.3 is 4.57 Å². The largest absolute Gasteiger partial charge is 0.309 e. The molecule has 1 aliphatic rings. The standard InChI is InChI=1S/C12H19N3O3S2/c1-9(16)3-5-19-12-14-13-11(15(12)2)7-10-4-6-20(17,18)8-10/h10H,3-8H2,1-2H3/t10-/m0/s1. The van der Waals surface area contributed by atoms with E-state index in [-0.39, 0.29) is 23.2 Å². The summed E-state index contributed by atoms with van der Waals surface area (Å²) in [5, 5.41) is 9.02. The number of thioether (sulfide) groups is 1. The molecule has 0 amide bonds. The normalized spacial score (nSPS) is 21.2. The molecule has 1 saturated heterocycles. The summed E-state index contributed by atoms with van der Waals surface area (Å²) in [7, 11) is -0.962. The van der Waals surface area contributed by atoms with Gasteiger partial charge in [-0.25, -0.2) is 8.42 Å². The molecule has 0 N–H and O–H groups in total. The van der Waals surface area contributed by atoms with Gasteiger partial charge in [0.1, 0.15) is 11.6 Å². The number of rotatable bonds is 6. The lowest BCUT2D eigenvalue weighted by atomic mass is 10.1. The molecule has 0 aromatic carbocycles. The van der Waals surface area contributed by atoms with Crippen molar-refractivity contribution in [1.29, 1.82) is 0 Å². The molecule has 0 spiro atoms. The number of ketones is 1. The second-order valence-electron chi connectivity index (χ2n) is 5.23. The van der Waals surface area contributed by atoms with Gasteiger partial charge in [0.2, 0.25) is 0 Å².